The van der Waals surface area contributed by atoms with Gasteiger partial charge >= 0.3 is 0 Å². The minimum absolute atomic E-state index is 0.000283. The number of aliphatic imine (C=N–C) groups is 1. The van der Waals surface area contributed by atoms with Crippen molar-refractivity contribution in [2.45, 2.75) is 50.2 Å². The number of nitrogens with one attached hydrogen (secondary N) is 2. The number of hydrogen-bond donors (Lipinski definition) is 4. The highest BCUT2D eigenvalue weighted by Crippen LogP contribution is 2.28. The van der Waals surface area contributed by atoms with Crippen LogP contribution in [0.2, 0.25) is 0 Å². The number of benzene rings is 1. The highest BCUT2D eigenvalue weighted by atomic mass is 16.2. The third-order valence-electron chi connectivity index (χ3n) is 5.65. The highest BCUT2D eigenvalue weighted by molar-refractivity contribution is 5.92. The van der Waals surface area contributed by atoms with Crippen LogP contribution in [0.25, 0.3) is 0 Å². The number of carbonyl (C=O) groups excluding carboxylic acids is 3. The molecule has 0 unspecified atom stereocenters. The number of nitrogens with zero attached hydrogens (tertiary/aromatic N) is 2. The summed E-state index contributed by atoms with van der Waals surface area (Å²) in [6, 6.07) is 6.29. The Morgan fingerprint density at radius 3 is 2.90 bits per heavy atom. The third kappa shape index (κ3) is 5.15. The molecule has 0 bridgehead atoms. The number of nitrogens with two attached hydrogens (primary N) is 2. The Morgan fingerprint density at radius 2 is 2.13 bits per heavy atom. The van der Waals surface area contributed by atoms with Gasteiger partial charge < -0.3 is 31.8 Å². The second kappa shape index (κ2) is 10.2. The molecule has 2 amide bonds. The number of fused-ring (bicyclic) bond motifs is 1. The summed E-state index contributed by atoms with van der Waals surface area (Å²) in [6.45, 7) is 1.65. The summed E-state index contributed by atoms with van der Waals surface area (Å²) in [5.74, 6) is -0.376. The second-order valence-electron chi connectivity index (χ2n) is 7.73. The Kier molecular flexibility index (Phi) is 7.40. The molecule has 2 aliphatic rings. The van der Waals surface area contributed by atoms with Gasteiger partial charge in [-0.1, -0.05) is 24.3 Å². The van der Waals surface area contributed by atoms with E-state index in [1.165, 1.54) is 0 Å². The molecule has 1 aromatic rings. The van der Waals surface area contributed by atoms with Crippen LogP contribution >= 0.6 is 0 Å². The first kappa shape index (κ1) is 21.8. The minimum atomic E-state index is -0.627. The van der Waals surface area contributed by atoms with Crippen LogP contribution in [0.3, 0.4) is 0 Å². The van der Waals surface area contributed by atoms with Crippen LogP contribution in [0.5, 0.6) is 0 Å². The van der Waals surface area contributed by atoms with Crippen LogP contribution in [-0.2, 0) is 20.8 Å². The van der Waals surface area contributed by atoms with Crippen molar-refractivity contribution in [1.82, 2.24) is 15.5 Å². The minimum Gasteiger partial charge on any atom is -0.370 e. The van der Waals surface area contributed by atoms with E-state index in [1.807, 2.05) is 24.3 Å². The van der Waals surface area contributed by atoms with Gasteiger partial charge in [0.2, 0.25) is 11.8 Å². The second-order valence-corrected chi connectivity index (χ2v) is 7.73. The standard InChI is InChI=1S/C21H30N6O3/c22-21(23)25-10-3-6-15(13-28)26-19(29)17-8-4-12-27(17)20(30)18-16-7-2-1-5-14(16)9-11-24-18/h1-2,5,7,13,15,17-18,24H,3-4,6,8-12H2,(H,26,29)(H4,22,23,25)/t15-,17-,18-/m0/s1. The smallest absolute Gasteiger partial charge is 0.245 e. The van der Waals surface area contributed by atoms with Crippen LogP contribution in [0.1, 0.15) is 42.9 Å². The fourth-order valence-electron chi connectivity index (χ4n) is 4.17. The molecule has 0 saturated carbocycles. The van der Waals surface area contributed by atoms with E-state index in [4.69, 9.17) is 11.5 Å². The van der Waals surface area contributed by atoms with E-state index in [-0.39, 0.29) is 17.8 Å². The van der Waals surface area contributed by atoms with Crippen molar-refractivity contribution < 1.29 is 14.4 Å². The largest absolute Gasteiger partial charge is 0.370 e. The Morgan fingerprint density at radius 1 is 1.33 bits per heavy atom. The van der Waals surface area contributed by atoms with Gasteiger partial charge in [-0.3, -0.25) is 14.6 Å². The fourth-order valence-corrected chi connectivity index (χ4v) is 4.17. The molecule has 3 rings (SSSR count). The Hall–Kier alpha value is -2.94. The van der Waals surface area contributed by atoms with Crippen LogP contribution < -0.4 is 22.1 Å². The van der Waals surface area contributed by atoms with E-state index in [0.29, 0.717) is 38.6 Å². The molecule has 0 spiro atoms. The highest BCUT2D eigenvalue weighted by Gasteiger charge is 2.39. The molecule has 0 radical (unpaired) electrons. The normalized spacial score (nSPS) is 21.4. The van der Waals surface area contributed by atoms with Gasteiger partial charge in [0, 0.05) is 19.6 Å². The molecular weight excluding hydrogens is 384 g/mol. The number of amides is 2. The van der Waals surface area contributed by atoms with E-state index in [1.54, 1.807) is 4.90 Å². The summed E-state index contributed by atoms with van der Waals surface area (Å²) in [5.41, 5.74) is 12.7. The first-order valence-electron chi connectivity index (χ1n) is 10.4. The maximum atomic E-state index is 13.3. The summed E-state index contributed by atoms with van der Waals surface area (Å²) in [4.78, 5) is 43.0. The monoisotopic (exact) mass is 414 g/mol. The summed E-state index contributed by atoms with van der Waals surface area (Å²) in [7, 11) is 0. The summed E-state index contributed by atoms with van der Waals surface area (Å²) in [5, 5.41) is 6.07. The zero-order chi connectivity index (χ0) is 21.5. The van der Waals surface area contributed by atoms with Gasteiger partial charge in [0.05, 0.1) is 6.04 Å². The lowest BCUT2D eigenvalue weighted by Gasteiger charge is -2.32. The molecular formula is C21H30N6O3. The lowest BCUT2D eigenvalue weighted by atomic mass is 9.93. The van der Waals surface area contributed by atoms with E-state index in [2.05, 4.69) is 15.6 Å². The molecule has 0 aromatic heterocycles. The molecule has 1 aromatic carbocycles. The van der Waals surface area contributed by atoms with Crippen molar-refractivity contribution in [2.75, 3.05) is 19.6 Å². The average Bonchev–Trinajstić information content (AvgIpc) is 3.24. The van der Waals surface area contributed by atoms with Gasteiger partial charge in [-0.25, -0.2) is 0 Å². The maximum absolute atomic E-state index is 13.3. The topological polar surface area (TPSA) is 143 Å². The SMILES string of the molecule is NC(N)=NCCC[C@@H](C=O)NC(=O)[C@@H]1CCCN1C(=O)[C@H]1NCCc2ccccc21. The van der Waals surface area contributed by atoms with Crippen LogP contribution in [0.4, 0.5) is 0 Å². The molecule has 1 fully saturated rings. The molecule has 6 N–H and O–H groups in total. The van der Waals surface area contributed by atoms with Gasteiger partial charge in [-0.05, 0) is 43.2 Å². The molecule has 162 valence electrons. The maximum Gasteiger partial charge on any atom is 0.245 e. The zero-order valence-electron chi connectivity index (χ0n) is 17.0. The molecule has 9 heteroatoms. The molecule has 2 aliphatic heterocycles. The number of guanidine groups is 1. The predicted molar refractivity (Wildman–Crippen MR) is 114 cm³/mol. The van der Waals surface area contributed by atoms with E-state index in [9.17, 15) is 14.4 Å². The average molecular weight is 415 g/mol. The van der Waals surface area contributed by atoms with Crippen molar-refractivity contribution in [3.8, 4) is 0 Å². The van der Waals surface area contributed by atoms with Crippen molar-refractivity contribution in [3.05, 3.63) is 35.4 Å². The molecule has 30 heavy (non-hydrogen) atoms. The number of hydrogen-bond acceptors (Lipinski definition) is 5. The van der Waals surface area contributed by atoms with Gasteiger partial charge in [-0.15, -0.1) is 0 Å². The number of carbonyl (C=O) groups is 3. The van der Waals surface area contributed by atoms with Gasteiger partial charge in [0.15, 0.2) is 5.96 Å². The lowest BCUT2D eigenvalue weighted by molar-refractivity contribution is -0.140. The molecule has 2 heterocycles. The van der Waals surface area contributed by atoms with Crippen molar-refractivity contribution >= 4 is 24.1 Å². The number of aldehydes is 1. The van der Waals surface area contributed by atoms with E-state index in [0.717, 1.165) is 30.5 Å². The Labute approximate surface area is 176 Å². The molecule has 0 aliphatic carbocycles. The van der Waals surface area contributed by atoms with Gasteiger partial charge in [-0.2, -0.15) is 0 Å². The van der Waals surface area contributed by atoms with Crippen molar-refractivity contribution in [2.24, 2.45) is 16.5 Å². The molecule has 1 saturated heterocycles. The molecule has 9 nitrogen and oxygen atoms in total. The lowest BCUT2D eigenvalue weighted by Crippen LogP contribution is -2.52. The quantitative estimate of drug-likeness (QED) is 0.197. The van der Waals surface area contributed by atoms with E-state index >= 15 is 0 Å². The fraction of sp³-hybridized carbons (Fsp3) is 0.524. The van der Waals surface area contributed by atoms with E-state index < -0.39 is 18.1 Å². The summed E-state index contributed by atoms with van der Waals surface area (Å²) < 4.78 is 0. The van der Waals surface area contributed by atoms with Crippen molar-refractivity contribution in [1.29, 1.82) is 0 Å². The number of rotatable bonds is 8. The first-order valence-corrected chi connectivity index (χ1v) is 10.4. The summed E-state index contributed by atoms with van der Waals surface area (Å²) in [6.07, 6.45) is 3.94. The van der Waals surface area contributed by atoms with Crippen LogP contribution in [0.15, 0.2) is 29.3 Å². The van der Waals surface area contributed by atoms with Gasteiger partial charge in [0.1, 0.15) is 18.4 Å². The third-order valence-corrected chi connectivity index (χ3v) is 5.65. The number of likely N-dealkylation sites (tertiary alicyclic amines) is 1. The van der Waals surface area contributed by atoms with Crippen molar-refractivity contribution in [3.63, 3.8) is 0 Å². The first-order chi connectivity index (χ1) is 14.5. The van der Waals surface area contributed by atoms with Crippen LogP contribution in [0, 0.1) is 0 Å². The molecule has 3 atom stereocenters. The Bertz CT molecular complexity index is 808. The predicted octanol–water partition coefficient (Wildman–Crippen LogP) is -0.398. The van der Waals surface area contributed by atoms with Gasteiger partial charge in [0.25, 0.3) is 0 Å². The summed E-state index contributed by atoms with van der Waals surface area (Å²) >= 11 is 0. The van der Waals surface area contributed by atoms with Crippen LogP contribution in [-0.4, -0.2) is 60.7 Å². The Balaban J connectivity index is 1.62. The zero-order valence-corrected chi connectivity index (χ0v) is 17.0.